The molecule has 1 aliphatic heterocycles. The van der Waals surface area contributed by atoms with Gasteiger partial charge in [-0.15, -0.1) is 0 Å². The number of fused-ring (bicyclic) bond motifs is 1. The number of methoxy groups -OCH3 is 1. The SMILES string of the molecule is COCCNC(=O)CN1CCN(C(C(=O)O)c2c[nH]c3ccc(C)cc23)CC1. The van der Waals surface area contributed by atoms with Crippen LogP contribution in [0.1, 0.15) is 17.2 Å². The third-order valence-electron chi connectivity index (χ3n) is 5.17. The summed E-state index contributed by atoms with van der Waals surface area (Å²) in [6, 6.07) is 5.31. The second kappa shape index (κ2) is 9.18. The highest BCUT2D eigenvalue weighted by molar-refractivity contribution is 5.89. The maximum atomic E-state index is 12.1. The fourth-order valence-corrected chi connectivity index (χ4v) is 3.70. The van der Waals surface area contributed by atoms with Crippen LogP contribution in [0.15, 0.2) is 24.4 Å². The number of carboxylic acid groups (broad SMARTS) is 1. The Bertz CT molecular complexity index is 827. The number of carbonyl (C=O) groups excluding carboxylic acids is 1. The van der Waals surface area contributed by atoms with E-state index in [1.807, 2.05) is 30.0 Å². The number of amides is 1. The number of nitrogens with one attached hydrogen (secondary N) is 2. The molecular formula is C20H28N4O4. The van der Waals surface area contributed by atoms with Crippen molar-refractivity contribution in [2.24, 2.45) is 0 Å². The lowest BCUT2D eigenvalue weighted by Gasteiger charge is -2.37. The van der Waals surface area contributed by atoms with Crippen molar-refractivity contribution >= 4 is 22.8 Å². The second-order valence-electron chi connectivity index (χ2n) is 7.19. The number of carbonyl (C=O) groups is 2. The van der Waals surface area contributed by atoms with Crippen molar-refractivity contribution in [1.29, 1.82) is 0 Å². The van der Waals surface area contributed by atoms with Crippen LogP contribution in [0.4, 0.5) is 0 Å². The van der Waals surface area contributed by atoms with Gasteiger partial charge in [0.2, 0.25) is 5.91 Å². The smallest absolute Gasteiger partial charge is 0.325 e. The third kappa shape index (κ3) is 4.70. The molecule has 8 heteroatoms. The molecule has 28 heavy (non-hydrogen) atoms. The molecule has 1 fully saturated rings. The first-order chi connectivity index (χ1) is 13.5. The predicted octanol–water partition coefficient (Wildman–Crippen LogP) is 0.982. The highest BCUT2D eigenvalue weighted by Crippen LogP contribution is 2.30. The van der Waals surface area contributed by atoms with Crippen LogP contribution >= 0.6 is 0 Å². The van der Waals surface area contributed by atoms with Crippen LogP contribution in [0.3, 0.4) is 0 Å². The van der Waals surface area contributed by atoms with Gasteiger partial charge < -0.3 is 20.1 Å². The van der Waals surface area contributed by atoms with E-state index in [9.17, 15) is 14.7 Å². The molecule has 0 spiro atoms. The van der Waals surface area contributed by atoms with Gasteiger partial charge in [-0.1, -0.05) is 11.6 Å². The monoisotopic (exact) mass is 388 g/mol. The molecule has 1 atom stereocenters. The Balaban J connectivity index is 1.64. The van der Waals surface area contributed by atoms with E-state index < -0.39 is 12.0 Å². The van der Waals surface area contributed by atoms with E-state index >= 15 is 0 Å². The minimum atomic E-state index is -0.854. The number of nitrogens with zero attached hydrogens (tertiary/aromatic N) is 2. The molecule has 0 bridgehead atoms. The number of carboxylic acids is 1. The van der Waals surface area contributed by atoms with Gasteiger partial charge in [-0.3, -0.25) is 19.4 Å². The summed E-state index contributed by atoms with van der Waals surface area (Å²) in [5, 5.41) is 13.7. The Labute approximate surface area is 164 Å². The number of piperazine rings is 1. The summed E-state index contributed by atoms with van der Waals surface area (Å²) in [5.41, 5.74) is 2.83. The summed E-state index contributed by atoms with van der Waals surface area (Å²) < 4.78 is 4.93. The minimum absolute atomic E-state index is 0.0348. The first-order valence-corrected chi connectivity index (χ1v) is 9.52. The number of H-pyrrole nitrogens is 1. The molecule has 1 aliphatic rings. The Kier molecular flexibility index (Phi) is 6.66. The van der Waals surface area contributed by atoms with Gasteiger partial charge >= 0.3 is 5.97 Å². The van der Waals surface area contributed by atoms with E-state index in [4.69, 9.17) is 4.74 Å². The topological polar surface area (TPSA) is 97.9 Å². The van der Waals surface area contributed by atoms with E-state index in [2.05, 4.69) is 15.2 Å². The summed E-state index contributed by atoms with van der Waals surface area (Å²) >= 11 is 0. The van der Waals surface area contributed by atoms with Crippen LogP contribution < -0.4 is 5.32 Å². The maximum absolute atomic E-state index is 12.1. The normalized spacial score (nSPS) is 16.9. The molecule has 1 aromatic heterocycles. The van der Waals surface area contributed by atoms with Crippen LogP contribution in [0.25, 0.3) is 10.9 Å². The lowest BCUT2D eigenvalue weighted by atomic mass is 10.0. The molecule has 0 aliphatic carbocycles. The van der Waals surface area contributed by atoms with Gasteiger partial charge in [0.05, 0.1) is 13.2 Å². The predicted molar refractivity (Wildman–Crippen MR) is 106 cm³/mol. The number of aliphatic carboxylic acids is 1. The van der Waals surface area contributed by atoms with Gasteiger partial charge in [-0.2, -0.15) is 0 Å². The molecule has 3 rings (SSSR count). The lowest BCUT2D eigenvalue weighted by molar-refractivity contribution is -0.144. The van der Waals surface area contributed by atoms with E-state index in [1.165, 1.54) is 0 Å². The Morgan fingerprint density at radius 2 is 2.04 bits per heavy atom. The molecule has 0 saturated carbocycles. The van der Waals surface area contributed by atoms with Crippen molar-refractivity contribution in [2.45, 2.75) is 13.0 Å². The molecule has 2 heterocycles. The molecule has 0 radical (unpaired) electrons. The van der Waals surface area contributed by atoms with E-state index in [0.717, 1.165) is 22.0 Å². The van der Waals surface area contributed by atoms with Gasteiger partial charge in [0, 0.05) is 62.5 Å². The number of benzene rings is 1. The number of hydrogen-bond acceptors (Lipinski definition) is 5. The summed E-state index contributed by atoms with van der Waals surface area (Å²) in [4.78, 5) is 31.3. The zero-order valence-corrected chi connectivity index (χ0v) is 16.4. The summed E-state index contributed by atoms with van der Waals surface area (Å²) in [6.07, 6.45) is 1.80. The van der Waals surface area contributed by atoms with Gasteiger partial charge in [-0.05, 0) is 19.1 Å². The Morgan fingerprint density at radius 3 is 2.71 bits per heavy atom. The quantitative estimate of drug-likeness (QED) is 0.584. The third-order valence-corrected chi connectivity index (χ3v) is 5.17. The highest BCUT2D eigenvalue weighted by atomic mass is 16.5. The standard InChI is InChI=1S/C20H28N4O4/c1-14-3-4-17-15(11-14)16(12-22-17)19(20(26)27)24-8-6-23(7-9-24)13-18(25)21-5-10-28-2/h3-4,11-12,19,22H,5-10,13H2,1-2H3,(H,21,25)(H,26,27). The maximum Gasteiger partial charge on any atom is 0.325 e. The summed E-state index contributed by atoms with van der Waals surface area (Å²) in [5.74, 6) is -0.888. The number of ether oxygens (including phenoxy) is 1. The van der Waals surface area contributed by atoms with Gasteiger partial charge in [-0.25, -0.2) is 0 Å². The van der Waals surface area contributed by atoms with E-state index in [-0.39, 0.29) is 5.91 Å². The molecule has 152 valence electrons. The van der Waals surface area contributed by atoms with Crippen molar-refractivity contribution < 1.29 is 19.4 Å². The van der Waals surface area contributed by atoms with Crippen molar-refractivity contribution in [2.75, 3.05) is 53.0 Å². The van der Waals surface area contributed by atoms with Crippen LogP contribution in [0.2, 0.25) is 0 Å². The zero-order valence-electron chi connectivity index (χ0n) is 16.4. The first kappa shape index (κ1) is 20.3. The highest BCUT2D eigenvalue weighted by Gasteiger charge is 2.32. The van der Waals surface area contributed by atoms with Crippen molar-refractivity contribution in [3.05, 3.63) is 35.5 Å². The average Bonchev–Trinajstić information content (AvgIpc) is 3.06. The Hall–Kier alpha value is -2.42. The van der Waals surface area contributed by atoms with Gasteiger partial charge in [0.15, 0.2) is 0 Å². The molecule has 8 nitrogen and oxygen atoms in total. The fraction of sp³-hybridized carbons (Fsp3) is 0.500. The molecule has 1 unspecified atom stereocenters. The summed E-state index contributed by atoms with van der Waals surface area (Å²) in [6.45, 7) is 5.82. The van der Waals surface area contributed by atoms with E-state index in [0.29, 0.717) is 45.9 Å². The molecule has 1 saturated heterocycles. The summed E-state index contributed by atoms with van der Waals surface area (Å²) in [7, 11) is 1.60. The Morgan fingerprint density at radius 1 is 1.29 bits per heavy atom. The van der Waals surface area contributed by atoms with Crippen LogP contribution in [-0.2, 0) is 14.3 Å². The number of hydrogen-bond donors (Lipinski definition) is 3. The zero-order chi connectivity index (χ0) is 20.1. The van der Waals surface area contributed by atoms with Crippen LogP contribution in [0.5, 0.6) is 0 Å². The lowest BCUT2D eigenvalue weighted by Crippen LogP contribution is -2.51. The van der Waals surface area contributed by atoms with Gasteiger partial charge in [0.1, 0.15) is 6.04 Å². The number of rotatable bonds is 8. The molecule has 2 aromatic rings. The molecule has 3 N–H and O–H groups in total. The number of aromatic amines is 1. The van der Waals surface area contributed by atoms with Crippen molar-refractivity contribution in [3.8, 4) is 0 Å². The van der Waals surface area contributed by atoms with Crippen LogP contribution in [0, 0.1) is 6.92 Å². The largest absolute Gasteiger partial charge is 0.480 e. The van der Waals surface area contributed by atoms with Crippen LogP contribution in [-0.4, -0.2) is 84.8 Å². The molecule has 1 amide bonds. The number of aryl methyl sites for hydroxylation is 1. The minimum Gasteiger partial charge on any atom is -0.480 e. The fourth-order valence-electron chi connectivity index (χ4n) is 3.70. The first-order valence-electron chi connectivity index (χ1n) is 9.52. The van der Waals surface area contributed by atoms with Crippen molar-refractivity contribution in [3.63, 3.8) is 0 Å². The van der Waals surface area contributed by atoms with E-state index in [1.54, 1.807) is 13.3 Å². The number of aromatic nitrogens is 1. The molecule has 1 aromatic carbocycles. The van der Waals surface area contributed by atoms with Crippen molar-refractivity contribution in [1.82, 2.24) is 20.1 Å². The molecular weight excluding hydrogens is 360 g/mol. The van der Waals surface area contributed by atoms with Gasteiger partial charge in [0.25, 0.3) is 0 Å². The average molecular weight is 388 g/mol. The second-order valence-corrected chi connectivity index (χ2v) is 7.19.